The van der Waals surface area contributed by atoms with Gasteiger partial charge in [0.25, 0.3) is 0 Å². The van der Waals surface area contributed by atoms with Crippen LogP contribution in [0.2, 0.25) is 0 Å². The van der Waals surface area contributed by atoms with Gasteiger partial charge in [0.1, 0.15) is 0 Å². The number of hydrogen-bond donors (Lipinski definition) is 1. The van der Waals surface area contributed by atoms with Gasteiger partial charge in [0.05, 0.1) is 18.9 Å². The van der Waals surface area contributed by atoms with Crippen LogP contribution in [0.15, 0.2) is 48.5 Å². The van der Waals surface area contributed by atoms with Gasteiger partial charge >= 0.3 is 0 Å². The molecule has 1 aliphatic rings. The van der Waals surface area contributed by atoms with Gasteiger partial charge in [-0.15, -0.1) is 0 Å². The number of nitrogens with zero attached hydrogens (tertiary/aromatic N) is 3. The molecule has 2 heterocycles. The monoisotopic (exact) mass is 387 g/mol. The van der Waals surface area contributed by atoms with Crippen LogP contribution in [0.5, 0.6) is 0 Å². The largest absolute Gasteiger partial charge is 0.390 e. The zero-order valence-electron chi connectivity index (χ0n) is 15.5. The maximum Gasteiger partial charge on any atom is 0.211 e. The minimum absolute atomic E-state index is 0.487. The lowest BCUT2D eigenvalue weighted by Crippen LogP contribution is -2.50. The molecule has 1 aliphatic heterocycles. The Kier molecular flexibility index (Phi) is 4.94. The molecule has 0 spiro atoms. The predicted molar refractivity (Wildman–Crippen MR) is 108 cm³/mol. The van der Waals surface area contributed by atoms with Gasteiger partial charge < -0.3 is 9.67 Å². The summed E-state index contributed by atoms with van der Waals surface area (Å²) < 4.78 is 26.9. The Bertz CT molecular complexity index is 999. The molecule has 27 heavy (non-hydrogen) atoms. The zero-order chi connectivity index (χ0) is 19.0. The number of para-hydroxylation sites is 2. The Balaban J connectivity index is 1.50. The fourth-order valence-electron chi connectivity index (χ4n) is 4.01. The fraction of sp³-hybridized carbons (Fsp3) is 0.400. The lowest BCUT2D eigenvalue weighted by atomic mass is 10.2. The van der Waals surface area contributed by atoms with Crippen LogP contribution in [0.1, 0.15) is 0 Å². The van der Waals surface area contributed by atoms with Gasteiger partial charge in [-0.1, -0.05) is 36.4 Å². The Labute approximate surface area is 159 Å². The molecular weight excluding hydrogens is 362 g/mol. The normalized spacial score (nSPS) is 18.3. The van der Waals surface area contributed by atoms with E-state index in [9.17, 15) is 13.5 Å². The van der Waals surface area contributed by atoms with E-state index in [4.69, 9.17) is 0 Å². The zero-order valence-corrected chi connectivity index (χ0v) is 16.3. The molecule has 0 bridgehead atoms. The number of hydrogen-bond acceptors (Lipinski definition) is 4. The molecule has 7 heteroatoms. The van der Waals surface area contributed by atoms with Crippen molar-refractivity contribution in [2.45, 2.75) is 12.6 Å². The average Bonchev–Trinajstić information content (AvgIpc) is 2.96. The Hall–Kier alpha value is -1.93. The maximum atomic E-state index is 11.6. The van der Waals surface area contributed by atoms with Crippen molar-refractivity contribution in [3.05, 3.63) is 48.5 Å². The van der Waals surface area contributed by atoms with Crippen molar-refractivity contribution in [1.29, 1.82) is 0 Å². The molecule has 4 rings (SSSR count). The van der Waals surface area contributed by atoms with Crippen LogP contribution < -0.4 is 0 Å². The number of fused-ring (bicyclic) bond motifs is 3. The first-order chi connectivity index (χ1) is 12.9. The lowest BCUT2D eigenvalue weighted by Gasteiger charge is -2.34. The summed E-state index contributed by atoms with van der Waals surface area (Å²) in [5.41, 5.74) is 2.25. The summed E-state index contributed by atoms with van der Waals surface area (Å²) in [6, 6.07) is 16.5. The summed E-state index contributed by atoms with van der Waals surface area (Å²) in [6.07, 6.45) is 0.730. The van der Waals surface area contributed by atoms with E-state index < -0.39 is 16.1 Å². The standard InChI is InChI=1S/C20H25N3O3S/c1-27(25,26)22-12-10-21(11-13-22)14-16(24)15-23-19-8-4-2-6-17(19)18-7-3-5-9-20(18)23/h2-9,16,24H,10-15H2,1H3/t16-/m0/s1. The van der Waals surface area contributed by atoms with E-state index in [2.05, 4.69) is 33.7 Å². The number of benzene rings is 2. The van der Waals surface area contributed by atoms with Crippen LogP contribution in [-0.4, -0.2) is 72.4 Å². The summed E-state index contributed by atoms with van der Waals surface area (Å²) in [5, 5.41) is 13.1. The van der Waals surface area contributed by atoms with E-state index in [1.54, 1.807) is 0 Å². The average molecular weight is 388 g/mol. The highest BCUT2D eigenvalue weighted by Crippen LogP contribution is 2.28. The van der Waals surface area contributed by atoms with Crippen molar-refractivity contribution in [2.75, 3.05) is 39.0 Å². The molecule has 0 radical (unpaired) electrons. The quantitative estimate of drug-likeness (QED) is 0.724. The van der Waals surface area contributed by atoms with Gasteiger partial charge in [-0.2, -0.15) is 4.31 Å². The highest BCUT2D eigenvalue weighted by molar-refractivity contribution is 7.88. The van der Waals surface area contributed by atoms with Gasteiger partial charge in [0.15, 0.2) is 0 Å². The molecular formula is C20H25N3O3S. The minimum atomic E-state index is -3.13. The van der Waals surface area contributed by atoms with Crippen LogP contribution in [0.4, 0.5) is 0 Å². The molecule has 1 fully saturated rings. The van der Waals surface area contributed by atoms with E-state index in [1.807, 2.05) is 24.3 Å². The first-order valence-corrected chi connectivity index (χ1v) is 11.1. The highest BCUT2D eigenvalue weighted by atomic mass is 32.2. The summed E-state index contributed by atoms with van der Waals surface area (Å²) in [5.74, 6) is 0. The van der Waals surface area contributed by atoms with Crippen molar-refractivity contribution in [1.82, 2.24) is 13.8 Å². The molecule has 0 unspecified atom stereocenters. The first kappa shape index (κ1) is 18.4. The van der Waals surface area contributed by atoms with Gasteiger partial charge in [-0.05, 0) is 12.1 Å². The Morgan fingerprint density at radius 3 is 1.93 bits per heavy atom. The van der Waals surface area contributed by atoms with Gasteiger partial charge in [0, 0.05) is 54.5 Å². The molecule has 1 aromatic heterocycles. The molecule has 3 aromatic rings. The molecule has 0 saturated carbocycles. The van der Waals surface area contributed by atoms with E-state index in [0.717, 1.165) is 11.0 Å². The summed E-state index contributed by atoms with van der Waals surface area (Å²) in [6.45, 7) is 3.33. The topological polar surface area (TPSA) is 65.8 Å². The second-order valence-electron chi connectivity index (χ2n) is 7.26. The van der Waals surface area contributed by atoms with E-state index in [0.29, 0.717) is 39.3 Å². The first-order valence-electron chi connectivity index (χ1n) is 9.25. The minimum Gasteiger partial charge on any atom is -0.390 e. The molecule has 2 aromatic carbocycles. The van der Waals surface area contributed by atoms with Crippen molar-refractivity contribution >= 4 is 31.8 Å². The van der Waals surface area contributed by atoms with Crippen molar-refractivity contribution in [3.8, 4) is 0 Å². The molecule has 6 nitrogen and oxygen atoms in total. The van der Waals surface area contributed by atoms with Crippen LogP contribution in [0.3, 0.4) is 0 Å². The van der Waals surface area contributed by atoms with Crippen molar-refractivity contribution < 1.29 is 13.5 Å². The van der Waals surface area contributed by atoms with E-state index in [1.165, 1.54) is 21.3 Å². The summed E-state index contributed by atoms with van der Waals surface area (Å²) in [4.78, 5) is 2.14. The van der Waals surface area contributed by atoms with Crippen LogP contribution in [0, 0.1) is 0 Å². The number of piperazine rings is 1. The van der Waals surface area contributed by atoms with Gasteiger partial charge in [-0.3, -0.25) is 4.90 Å². The van der Waals surface area contributed by atoms with Gasteiger partial charge in [0.2, 0.25) is 10.0 Å². The van der Waals surface area contributed by atoms with Crippen LogP contribution in [0.25, 0.3) is 21.8 Å². The molecule has 1 atom stereocenters. The highest BCUT2D eigenvalue weighted by Gasteiger charge is 2.24. The third kappa shape index (κ3) is 3.73. The van der Waals surface area contributed by atoms with E-state index >= 15 is 0 Å². The van der Waals surface area contributed by atoms with Crippen LogP contribution in [-0.2, 0) is 16.6 Å². The Morgan fingerprint density at radius 1 is 0.889 bits per heavy atom. The molecule has 0 amide bonds. The number of rotatable bonds is 5. The second kappa shape index (κ2) is 7.24. The third-order valence-electron chi connectivity index (χ3n) is 5.34. The van der Waals surface area contributed by atoms with Gasteiger partial charge in [-0.25, -0.2) is 8.42 Å². The maximum absolute atomic E-state index is 11.6. The number of aliphatic hydroxyl groups is 1. The lowest BCUT2D eigenvalue weighted by molar-refractivity contribution is 0.0824. The summed E-state index contributed by atoms with van der Waals surface area (Å²) >= 11 is 0. The second-order valence-corrected chi connectivity index (χ2v) is 9.24. The molecule has 0 aliphatic carbocycles. The van der Waals surface area contributed by atoms with Crippen molar-refractivity contribution in [3.63, 3.8) is 0 Å². The molecule has 144 valence electrons. The summed E-state index contributed by atoms with van der Waals surface area (Å²) in [7, 11) is -3.13. The van der Waals surface area contributed by atoms with E-state index in [-0.39, 0.29) is 0 Å². The van der Waals surface area contributed by atoms with Crippen molar-refractivity contribution in [2.24, 2.45) is 0 Å². The fourth-order valence-corrected chi connectivity index (χ4v) is 4.84. The third-order valence-corrected chi connectivity index (χ3v) is 6.65. The SMILES string of the molecule is CS(=O)(=O)N1CCN(C[C@H](O)Cn2c3ccccc3c3ccccc32)CC1. The smallest absolute Gasteiger partial charge is 0.211 e. The number of β-amino-alcohol motifs (C(OH)–C–C–N with tert-alkyl or cyclic N) is 1. The van der Waals surface area contributed by atoms with Crippen LogP contribution >= 0.6 is 0 Å². The molecule has 1 N–H and O–H groups in total. The predicted octanol–water partition coefficient (Wildman–Crippen LogP) is 1.73. The number of aromatic nitrogens is 1. The number of sulfonamides is 1. The Morgan fingerprint density at radius 2 is 1.41 bits per heavy atom. The molecule has 1 saturated heterocycles. The number of aliphatic hydroxyl groups excluding tert-OH is 1.